The van der Waals surface area contributed by atoms with Gasteiger partial charge in [0.15, 0.2) is 6.54 Å². The number of hydrogen-bond acceptors (Lipinski definition) is 2. The Morgan fingerprint density at radius 1 is 1.12 bits per heavy atom. The first kappa shape index (κ1) is 17.1. The molecule has 2 aliphatic rings. The van der Waals surface area contributed by atoms with Gasteiger partial charge in [0.25, 0.3) is 5.91 Å². The topological polar surface area (TPSA) is 36.8 Å². The summed E-state index contributed by atoms with van der Waals surface area (Å²) in [6, 6.07) is 3.63. The number of carbonyl (C=O) groups excluding carboxylic acids is 1. The summed E-state index contributed by atoms with van der Waals surface area (Å²) in [5, 5.41) is 2.73. The molecule has 0 atom stereocenters. The minimum absolute atomic E-state index is 0.216. The number of anilines is 2. The summed E-state index contributed by atoms with van der Waals surface area (Å²) in [7, 11) is 0. The summed E-state index contributed by atoms with van der Waals surface area (Å²) in [5.74, 6) is -0.216. The largest absolute Gasteiger partial charge is 0.416 e. The molecule has 2 aliphatic heterocycles. The zero-order valence-corrected chi connectivity index (χ0v) is 13.6. The van der Waals surface area contributed by atoms with Crippen LogP contribution in [0.4, 0.5) is 24.5 Å². The van der Waals surface area contributed by atoms with Gasteiger partial charge in [0.05, 0.1) is 30.0 Å². The van der Waals surface area contributed by atoms with Crippen molar-refractivity contribution in [1.82, 2.24) is 0 Å². The first-order valence-corrected chi connectivity index (χ1v) is 8.53. The monoisotopic (exact) mass is 342 g/mol. The summed E-state index contributed by atoms with van der Waals surface area (Å²) < 4.78 is 39.0. The molecular formula is C17H23F3N3O+. The molecule has 1 aromatic carbocycles. The third kappa shape index (κ3) is 4.01. The normalized spacial score (nSPS) is 19.0. The molecule has 2 heterocycles. The number of benzene rings is 1. The average Bonchev–Trinajstić information content (AvgIpc) is 3.19. The van der Waals surface area contributed by atoms with Crippen molar-refractivity contribution >= 4 is 17.3 Å². The third-order valence-corrected chi connectivity index (χ3v) is 4.77. The minimum Gasteiger partial charge on any atom is -0.370 e. The summed E-state index contributed by atoms with van der Waals surface area (Å²) in [5.41, 5.74) is 0.231. The van der Waals surface area contributed by atoms with E-state index in [1.165, 1.54) is 11.0 Å². The van der Waals surface area contributed by atoms with E-state index < -0.39 is 11.7 Å². The lowest BCUT2D eigenvalue weighted by atomic mass is 10.1. The Morgan fingerprint density at radius 3 is 2.42 bits per heavy atom. The second kappa shape index (κ2) is 7.01. The molecule has 2 N–H and O–H groups in total. The third-order valence-electron chi connectivity index (χ3n) is 4.77. The number of amides is 1. The fraction of sp³-hybridized carbons (Fsp3) is 0.588. The van der Waals surface area contributed by atoms with E-state index >= 15 is 0 Å². The molecule has 0 saturated carbocycles. The van der Waals surface area contributed by atoms with Crippen molar-refractivity contribution in [1.29, 1.82) is 0 Å². The van der Waals surface area contributed by atoms with Crippen LogP contribution in [0, 0.1) is 0 Å². The van der Waals surface area contributed by atoms with Crippen LogP contribution >= 0.6 is 0 Å². The molecule has 1 aromatic rings. The molecule has 7 heteroatoms. The van der Waals surface area contributed by atoms with E-state index in [0.717, 1.165) is 64.0 Å². The fourth-order valence-corrected chi connectivity index (χ4v) is 3.52. The molecule has 24 heavy (non-hydrogen) atoms. The van der Waals surface area contributed by atoms with Crippen molar-refractivity contribution in [3.05, 3.63) is 23.8 Å². The van der Waals surface area contributed by atoms with Crippen molar-refractivity contribution < 1.29 is 22.9 Å². The zero-order valence-electron chi connectivity index (χ0n) is 13.6. The molecule has 3 rings (SSSR count). The molecule has 0 aromatic heterocycles. The van der Waals surface area contributed by atoms with Crippen LogP contribution < -0.4 is 15.1 Å². The summed E-state index contributed by atoms with van der Waals surface area (Å²) in [6.45, 7) is 3.84. The van der Waals surface area contributed by atoms with Crippen LogP contribution in [0.2, 0.25) is 0 Å². The van der Waals surface area contributed by atoms with Gasteiger partial charge in [0.2, 0.25) is 0 Å². The maximum absolute atomic E-state index is 13.0. The quantitative estimate of drug-likeness (QED) is 0.877. The molecule has 2 saturated heterocycles. The molecule has 1 amide bonds. The number of alkyl halides is 3. The van der Waals surface area contributed by atoms with Gasteiger partial charge in [0.1, 0.15) is 0 Å². The minimum atomic E-state index is -4.41. The van der Waals surface area contributed by atoms with E-state index in [1.54, 1.807) is 0 Å². The van der Waals surface area contributed by atoms with E-state index in [-0.39, 0.29) is 11.6 Å². The maximum Gasteiger partial charge on any atom is 0.416 e. The standard InChI is InChI=1S/C17H22F3N3O/c18-17(19,20)13-5-6-15(23-9-3-4-10-23)14(11-13)21-16(24)12-22-7-1-2-8-22/h5-6,11H,1-4,7-10,12H2,(H,21,24)/p+1. The lowest BCUT2D eigenvalue weighted by Gasteiger charge is -2.23. The number of hydrogen-bond donors (Lipinski definition) is 2. The van der Waals surface area contributed by atoms with Crippen molar-refractivity contribution in [3.8, 4) is 0 Å². The van der Waals surface area contributed by atoms with Crippen molar-refractivity contribution in [2.24, 2.45) is 0 Å². The van der Waals surface area contributed by atoms with Crippen LogP contribution in [0.15, 0.2) is 18.2 Å². The number of likely N-dealkylation sites (tertiary alicyclic amines) is 1. The van der Waals surface area contributed by atoms with Gasteiger partial charge < -0.3 is 15.1 Å². The molecule has 2 fully saturated rings. The second-order valence-electron chi connectivity index (χ2n) is 6.61. The zero-order chi connectivity index (χ0) is 17.2. The van der Waals surface area contributed by atoms with Crippen LogP contribution in [0.25, 0.3) is 0 Å². The van der Waals surface area contributed by atoms with E-state index in [2.05, 4.69) is 5.32 Å². The fourth-order valence-electron chi connectivity index (χ4n) is 3.52. The number of quaternary nitrogens is 1. The maximum atomic E-state index is 13.0. The van der Waals surface area contributed by atoms with Gasteiger partial charge in [-0.25, -0.2) is 0 Å². The molecule has 0 bridgehead atoms. The SMILES string of the molecule is O=C(C[NH+]1CCCC1)Nc1cc(C(F)(F)F)ccc1N1CCCC1. The lowest BCUT2D eigenvalue weighted by Crippen LogP contribution is -3.11. The second-order valence-corrected chi connectivity index (χ2v) is 6.61. The molecular weight excluding hydrogens is 319 g/mol. The van der Waals surface area contributed by atoms with Gasteiger partial charge in [-0.05, 0) is 31.0 Å². The number of halogens is 3. The Bertz CT molecular complexity index is 591. The number of rotatable bonds is 4. The molecule has 0 radical (unpaired) electrons. The molecule has 132 valence electrons. The highest BCUT2D eigenvalue weighted by Gasteiger charge is 2.32. The molecule has 0 aliphatic carbocycles. The first-order valence-electron chi connectivity index (χ1n) is 8.53. The van der Waals surface area contributed by atoms with E-state index in [4.69, 9.17) is 0 Å². The Hall–Kier alpha value is -1.76. The van der Waals surface area contributed by atoms with E-state index in [0.29, 0.717) is 12.2 Å². The average molecular weight is 342 g/mol. The Morgan fingerprint density at radius 2 is 1.79 bits per heavy atom. The van der Waals surface area contributed by atoms with Crippen LogP contribution in [-0.4, -0.2) is 38.6 Å². The number of carbonyl (C=O) groups is 1. The molecule has 4 nitrogen and oxygen atoms in total. The smallest absolute Gasteiger partial charge is 0.370 e. The Balaban J connectivity index is 1.80. The highest BCUT2D eigenvalue weighted by atomic mass is 19.4. The Kier molecular flexibility index (Phi) is 4.99. The van der Waals surface area contributed by atoms with E-state index in [9.17, 15) is 18.0 Å². The highest BCUT2D eigenvalue weighted by molar-refractivity contribution is 5.95. The molecule has 0 unspecified atom stereocenters. The van der Waals surface area contributed by atoms with Crippen LogP contribution in [-0.2, 0) is 11.0 Å². The predicted molar refractivity (Wildman–Crippen MR) is 86.3 cm³/mol. The van der Waals surface area contributed by atoms with E-state index in [1.807, 2.05) is 4.90 Å². The van der Waals surface area contributed by atoms with Gasteiger partial charge in [-0.3, -0.25) is 4.79 Å². The summed E-state index contributed by atoms with van der Waals surface area (Å²) in [4.78, 5) is 15.5. The van der Waals surface area contributed by atoms with Crippen molar-refractivity contribution in [2.45, 2.75) is 31.9 Å². The Labute approximate surface area is 139 Å². The lowest BCUT2D eigenvalue weighted by molar-refractivity contribution is -0.878. The summed E-state index contributed by atoms with van der Waals surface area (Å²) >= 11 is 0. The van der Waals surface area contributed by atoms with Crippen molar-refractivity contribution in [2.75, 3.05) is 42.9 Å². The van der Waals surface area contributed by atoms with Gasteiger partial charge in [-0.1, -0.05) is 0 Å². The number of nitrogens with one attached hydrogen (secondary N) is 2. The van der Waals surface area contributed by atoms with Gasteiger partial charge in [-0.2, -0.15) is 13.2 Å². The summed E-state index contributed by atoms with van der Waals surface area (Å²) in [6.07, 6.45) is -0.168. The van der Waals surface area contributed by atoms with Crippen LogP contribution in [0.3, 0.4) is 0 Å². The first-order chi connectivity index (χ1) is 11.4. The molecule has 0 spiro atoms. The predicted octanol–water partition coefficient (Wildman–Crippen LogP) is 1.92. The van der Waals surface area contributed by atoms with Crippen LogP contribution in [0.5, 0.6) is 0 Å². The van der Waals surface area contributed by atoms with Gasteiger partial charge in [-0.15, -0.1) is 0 Å². The van der Waals surface area contributed by atoms with Gasteiger partial charge in [0, 0.05) is 25.9 Å². The van der Waals surface area contributed by atoms with Crippen LogP contribution in [0.1, 0.15) is 31.2 Å². The highest BCUT2D eigenvalue weighted by Crippen LogP contribution is 2.36. The number of nitrogens with zero attached hydrogens (tertiary/aromatic N) is 1. The van der Waals surface area contributed by atoms with Crippen molar-refractivity contribution in [3.63, 3.8) is 0 Å². The van der Waals surface area contributed by atoms with Gasteiger partial charge >= 0.3 is 6.18 Å².